The Morgan fingerprint density at radius 2 is 2.04 bits per heavy atom. The number of guanidine groups is 1. The maximum Gasteiger partial charge on any atom is 0.243 e. The van der Waals surface area contributed by atoms with Crippen LogP contribution in [0.4, 0.5) is 0 Å². The van der Waals surface area contributed by atoms with E-state index in [0.29, 0.717) is 17.9 Å². The predicted octanol–water partition coefficient (Wildman–Crippen LogP) is 1.16. The first-order valence-corrected chi connectivity index (χ1v) is 8.47. The first-order valence-electron chi connectivity index (χ1n) is 8.47. The molecule has 7 heteroatoms. The molecule has 0 bridgehead atoms. The number of carbonyl (C=O) groups excluding carboxylic acids is 1. The van der Waals surface area contributed by atoms with E-state index in [9.17, 15) is 4.79 Å². The second kappa shape index (κ2) is 8.50. The summed E-state index contributed by atoms with van der Waals surface area (Å²) in [7, 11) is 3.55. The van der Waals surface area contributed by atoms with Gasteiger partial charge in [0.1, 0.15) is 6.54 Å². The summed E-state index contributed by atoms with van der Waals surface area (Å²) in [6, 6.07) is 0.557. The van der Waals surface area contributed by atoms with Crippen LogP contribution in [0.2, 0.25) is 0 Å². The minimum Gasteiger partial charge on any atom is -0.381 e. The number of likely N-dealkylation sites (tertiary alicyclic amines) is 1. The molecule has 132 valence electrons. The lowest BCUT2D eigenvalue weighted by molar-refractivity contribution is -0.127. The fourth-order valence-corrected chi connectivity index (χ4v) is 3.22. The molecule has 2 unspecified atom stereocenters. The van der Waals surface area contributed by atoms with E-state index >= 15 is 0 Å². The Kier molecular flexibility index (Phi) is 6.94. The van der Waals surface area contributed by atoms with Gasteiger partial charge in [-0.1, -0.05) is 0 Å². The number of halogens is 1. The SMILES string of the molecule is CN(C)C(=O)CN=C(NC1CC1)N1CCC(C2CCOC2)C1.I. The van der Waals surface area contributed by atoms with Gasteiger partial charge >= 0.3 is 0 Å². The molecule has 3 aliphatic rings. The average Bonchev–Trinajstić information content (AvgIpc) is 2.98. The van der Waals surface area contributed by atoms with Crippen LogP contribution in [0.1, 0.15) is 25.7 Å². The summed E-state index contributed by atoms with van der Waals surface area (Å²) in [6.45, 7) is 4.15. The number of ether oxygens (including phenoxy) is 1. The molecule has 0 aromatic carbocycles. The minimum absolute atomic E-state index is 0. The number of nitrogens with zero attached hydrogens (tertiary/aromatic N) is 3. The summed E-state index contributed by atoms with van der Waals surface area (Å²) in [5.74, 6) is 2.39. The molecule has 0 aromatic heterocycles. The van der Waals surface area contributed by atoms with Crippen molar-refractivity contribution in [2.24, 2.45) is 16.8 Å². The van der Waals surface area contributed by atoms with Gasteiger partial charge < -0.3 is 19.9 Å². The van der Waals surface area contributed by atoms with Gasteiger partial charge in [-0.25, -0.2) is 4.99 Å². The van der Waals surface area contributed by atoms with E-state index in [4.69, 9.17) is 4.74 Å². The smallest absolute Gasteiger partial charge is 0.243 e. The van der Waals surface area contributed by atoms with Gasteiger partial charge in [0, 0.05) is 46.4 Å². The lowest BCUT2D eigenvalue weighted by Gasteiger charge is -2.23. The lowest BCUT2D eigenvalue weighted by atomic mass is 9.91. The molecule has 1 amide bonds. The Bertz CT molecular complexity index is 434. The van der Waals surface area contributed by atoms with E-state index in [0.717, 1.165) is 32.3 Å². The van der Waals surface area contributed by atoms with Crippen LogP contribution in [0.25, 0.3) is 0 Å². The van der Waals surface area contributed by atoms with Crippen molar-refractivity contribution < 1.29 is 9.53 Å². The largest absolute Gasteiger partial charge is 0.381 e. The lowest BCUT2D eigenvalue weighted by Crippen LogP contribution is -2.42. The van der Waals surface area contributed by atoms with E-state index in [-0.39, 0.29) is 36.4 Å². The predicted molar refractivity (Wildman–Crippen MR) is 101 cm³/mol. The summed E-state index contributed by atoms with van der Waals surface area (Å²) in [4.78, 5) is 20.3. The fourth-order valence-electron chi connectivity index (χ4n) is 3.22. The summed E-state index contributed by atoms with van der Waals surface area (Å²) in [6.07, 6.45) is 4.84. The van der Waals surface area contributed by atoms with Crippen LogP contribution in [0.15, 0.2) is 4.99 Å². The molecule has 23 heavy (non-hydrogen) atoms. The Morgan fingerprint density at radius 3 is 2.65 bits per heavy atom. The highest BCUT2D eigenvalue weighted by molar-refractivity contribution is 14.0. The van der Waals surface area contributed by atoms with Crippen molar-refractivity contribution in [3.05, 3.63) is 0 Å². The van der Waals surface area contributed by atoms with Gasteiger partial charge in [0.05, 0.1) is 0 Å². The molecule has 1 N–H and O–H groups in total. The number of nitrogens with one attached hydrogen (secondary N) is 1. The quantitative estimate of drug-likeness (QED) is 0.409. The zero-order valence-electron chi connectivity index (χ0n) is 14.2. The molecule has 3 rings (SSSR count). The topological polar surface area (TPSA) is 57.2 Å². The molecule has 1 saturated carbocycles. The molecular weight excluding hydrogens is 407 g/mol. The van der Waals surface area contributed by atoms with Crippen molar-refractivity contribution in [1.82, 2.24) is 15.1 Å². The number of hydrogen-bond acceptors (Lipinski definition) is 3. The standard InChI is InChI=1S/C16H28N4O2.HI/c1-19(2)15(21)9-17-16(18-14-3-4-14)20-7-5-12(10-20)13-6-8-22-11-13;/h12-14H,3-11H2,1-2H3,(H,17,18);1H. The number of hydrogen-bond donors (Lipinski definition) is 1. The second-order valence-corrected chi connectivity index (χ2v) is 6.97. The molecule has 0 spiro atoms. The van der Waals surface area contributed by atoms with Crippen LogP contribution in [0, 0.1) is 11.8 Å². The van der Waals surface area contributed by atoms with E-state index in [1.807, 2.05) is 0 Å². The Hall–Kier alpha value is -0.570. The fraction of sp³-hybridized carbons (Fsp3) is 0.875. The minimum atomic E-state index is 0. The number of aliphatic imine (C=N–C) groups is 1. The Balaban J connectivity index is 0.00000192. The first kappa shape index (κ1) is 18.8. The molecule has 6 nitrogen and oxygen atoms in total. The maximum atomic E-state index is 11.8. The number of likely N-dealkylation sites (N-methyl/N-ethyl adjacent to an activating group) is 1. The third kappa shape index (κ3) is 5.20. The van der Waals surface area contributed by atoms with Crippen LogP contribution in [0.5, 0.6) is 0 Å². The van der Waals surface area contributed by atoms with Gasteiger partial charge in [0.25, 0.3) is 0 Å². The molecular formula is C16H29IN4O2. The van der Waals surface area contributed by atoms with E-state index < -0.39 is 0 Å². The van der Waals surface area contributed by atoms with Gasteiger partial charge in [-0.15, -0.1) is 24.0 Å². The highest BCUT2D eigenvalue weighted by Crippen LogP contribution is 2.30. The third-order valence-corrected chi connectivity index (χ3v) is 4.93. The van der Waals surface area contributed by atoms with Gasteiger partial charge in [0.15, 0.2) is 5.96 Å². The molecule has 2 atom stereocenters. The van der Waals surface area contributed by atoms with Crippen LogP contribution < -0.4 is 5.32 Å². The van der Waals surface area contributed by atoms with E-state index in [1.165, 1.54) is 25.7 Å². The van der Waals surface area contributed by atoms with E-state index in [2.05, 4.69) is 15.2 Å². The van der Waals surface area contributed by atoms with Crippen molar-refractivity contribution in [2.45, 2.75) is 31.7 Å². The normalized spacial score (nSPS) is 27.7. The highest BCUT2D eigenvalue weighted by atomic mass is 127. The number of amides is 1. The van der Waals surface area contributed by atoms with Gasteiger partial charge in [-0.3, -0.25) is 4.79 Å². The summed E-state index contributed by atoms with van der Waals surface area (Å²) in [5.41, 5.74) is 0. The zero-order valence-corrected chi connectivity index (χ0v) is 16.5. The van der Waals surface area contributed by atoms with Gasteiger partial charge in [0.2, 0.25) is 5.91 Å². The molecule has 0 radical (unpaired) electrons. The van der Waals surface area contributed by atoms with Gasteiger partial charge in [-0.2, -0.15) is 0 Å². The molecule has 3 fully saturated rings. The van der Waals surface area contributed by atoms with Crippen molar-refractivity contribution in [1.29, 1.82) is 0 Å². The maximum absolute atomic E-state index is 11.8. The van der Waals surface area contributed by atoms with Crippen molar-refractivity contribution in [3.8, 4) is 0 Å². The van der Waals surface area contributed by atoms with Crippen LogP contribution in [0.3, 0.4) is 0 Å². The van der Waals surface area contributed by atoms with Crippen molar-refractivity contribution in [2.75, 3.05) is 46.9 Å². The zero-order chi connectivity index (χ0) is 15.5. The number of carbonyl (C=O) groups is 1. The van der Waals surface area contributed by atoms with E-state index in [1.54, 1.807) is 19.0 Å². The monoisotopic (exact) mass is 436 g/mol. The molecule has 1 aliphatic carbocycles. The summed E-state index contributed by atoms with van der Waals surface area (Å²) < 4.78 is 5.53. The molecule has 2 saturated heterocycles. The van der Waals surface area contributed by atoms with Crippen molar-refractivity contribution in [3.63, 3.8) is 0 Å². The second-order valence-electron chi connectivity index (χ2n) is 6.97. The third-order valence-electron chi connectivity index (χ3n) is 4.93. The number of rotatable bonds is 4. The highest BCUT2D eigenvalue weighted by Gasteiger charge is 2.34. The summed E-state index contributed by atoms with van der Waals surface area (Å²) in [5, 5.41) is 3.51. The van der Waals surface area contributed by atoms with Crippen LogP contribution in [-0.2, 0) is 9.53 Å². The molecule has 2 aliphatic heterocycles. The molecule has 2 heterocycles. The Morgan fingerprint density at radius 1 is 1.26 bits per heavy atom. The first-order chi connectivity index (χ1) is 10.6. The average molecular weight is 436 g/mol. The van der Waals surface area contributed by atoms with Crippen LogP contribution >= 0.6 is 24.0 Å². The molecule has 0 aromatic rings. The van der Waals surface area contributed by atoms with Gasteiger partial charge in [-0.05, 0) is 37.5 Å². The van der Waals surface area contributed by atoms with Crippen molar-refractivity contribution >= 4 is 35.8 Å². The summed E-state index contributed by atoms with van der Waals surface area (Å²) >= 11 is 0. The Labute approximate surface area is 156 Å². The van der Waals surface area contributed by atoms with Crippen LogP contribution in [-0.4, -0.2) is 74.7 Å².